The van der Waals surface area contributed by atoms with E-state index in [0.29, 0.717) is 11.1 Å². The van der Waals surface area contributed by atoms with Gasteiger partial charge in [-0.15, -0.1) is 0 Å². The maximum absolute atomic E-state index is 14.7. The number of hydrogen-bond donors (Lipinski definition) is 1. The zero-order valence-corrected chi connectivity index (χ0v) is 13.4. The number of carbonyl (C=O) groups is 1. The molecule has 0 bridgehead atoms. The Kier molecular flexibility index (Phi) is 3.66. The van der Waals surface area contributed by atoms with Gasteiger partial charge in [0.1, 0.15) is 11.4 Å². The van der Waals surface area contributed by atoms with Crippen LogP contribution >= 0.6 is 0 Å². The van der Waals surface area contributed by atoms with Crippen LogP contribution in [0, 0.1) is 5.82 Å². The largest absolute Gasteiger partial charge is 0.477 e. The zero-order chi connectivity index (χ0) is 16.8. The van der Waals surface area contributed by atoms with E-state index in [0.717, 1.165) is 38.5 Å². The van der Waals surface area contributed by atoms with Crippen molar-refractivity contribution in [2.45, 2.75) is 56.9 Å². The molecule has 0 spiro atoms. The van der Waals surface area contributed by atoms with Crippen molar-refractivity contribution in [2.24, 2.45) is 0 Å². The molecule has 4 nitrogen and oxygen atoms in total. The summed E-state index contributed by atoms with van der Waals surface area (Å²) in [4.78, 5) is 23.8. The second-order valence-corrected chi connectivity index (χ2v) is 7.04. The summed E-state index contributed by atoms with van der Waals surface area (Å²) in [5.74, 6) is -1.44. The van der Waals surface area contributed by atoms with E-state index in [1.807, 2.05) is 4.57 Å². The molecule has 0 saturated heterocycles. The van der Waals surface area contributed by atoms with Gasteiger partial charge in [-0.2, -0.15) is 0 Å². The molecule has 24 heavy (non-hydrogen) atoms. The molecule has 2 saturated carbocycles. The van der Waals surface area contributed by atoms with Crippen molar-refractivity contribution >= 4 is 16.9 Å². The van der Waals surface area contributed by atoms with E-state index < -0.39 is 11.4 Å². The molecule has 1 N–H and O–H groups in total. The van der Waals surface area contributed by atoms with Gasteiger partial charge in [-0.1, -0.05) is 19.3 Å². The molecule has 0 atom stereocenters. The number of hydrogen-bond acceptors (Lipinski definition) is 2. The smallest absolute Gasteiger partial charge is 0.341 e. The Balaban J connectivity index is 1.95. The molecule has 0 amide bonds. The second-order valence-electron chi connectivity index (χ2n) is 7.04. The average Bonchev–Trinajstić information content (AvgIpc) is 3.40. The van der Waals surface area contributed by atoms with Crippen molar-refractivity contribution in [1.82, 2.24) is 4.57 Å². The van der Waals surface area contributed by atoms with Crippen LogP contribution in [0.2, 0.25) is 0 Å². The minimum absolute atomic E-state index is 0.179. The first kappa shape index (κ1) is 15.4. The molecule has 5 heteroatoms. The summed E-state index contributed by atoms with van der Waals surface area (Å²) in [6, 6.07) is 3.27. The molecule has 0 aliphatic heterocycles. The first-order chi connectivity index (χ1) is 11.6. The molecule has 126 valence electrons. The number of halogens is 1. The van der Waals surface area contributed by atoms with Gasteiger partial charge in [0, 0.05) is 17.6 Å². The highest BCUT2D eigenvalue weighted by Gasteiger charge is 2.28. The van der Waals surface area contributed by atoms with E-state index in [-0.39, 0.29) is 28.7 Å². The van der Waals surface area contributed by atoms with Crippen molar-refractivity contribution in [3.8, 4) is 0 Å². The van der Waals surface area contributed by atoms with Crippen LogP contribution in [-0.4, -0.2) is 15.6 Å². The lowest BCUT2D eigenvalue weighted by molar-refractivity contribution is 0.0695. The van der Waals surface area contributed by atoms with Gasteiger partial charge in [0.05, 0.1) is 5.52 Å². The monoisotopic (exact) mass is 329 g/mol. The van der Waals surface area contributed by atoms with Gasteiger partial charge in [0.25, 0.3) is 0 Å². The summed E-state index contributed by atoms with van der Waals surface area (Å²) in [6.07, 6.45) is 8.73. The fourth-order valence-corrected chi connectivity index (χ4v) is 3.92. The summed E-state index contributed by atoms with van der Waals surface area (Å²) in [6.45, 7) is 0. The Hall–Kier alpha value is -2.17. The lowest BCUT2D eigenvalue weighted by Crippen LogP contribution is -2.19. The molecule has 0 unspecified atom stereocenters. The molecule has 1 heterocycles. The number of carboxylic acids is 1. The third-order valence-electron chi connectivity index (χ3n) is 5.37. The minimum atomic E-state index is -1.26. The molecule has 1 aromatic carbocycles. The predicted octanol–water partition coefficient (Wildman–Crippen LogP) is 4.22. The first-order valence-corrected chi connectivity index (χ1v) is 8.68. The number of aromatic nitrogens is 1. The normalized spacial score (nSPS) is 18.9. The third kappa shape index (κ3) is 2.52. The van der Waals surface area contributed by atoms with Gasteiger partial charge in [0.2, 0.25) is 5.43 Å². The van der Waals surface area contributed by atoms with Crippen LogP contribution in [0.25, 0.3) is 10.9 Å². The highest BCUT2D eigenvalue weighted by Crippen LogP contribution is 2.39. The Morgan fingerprint density at radius 2 is 1.83 bits per heavy atom. The van der Waals surface area contributed by atoms with Gasteiger partial charge < -0.3 is 9.67 Å². The molecule has 2 aromatic rings. The minimum Gasteiger partial charge on any atom is -0.477 e. The van der Waals surface area contributed by atoms with E-state index in [1.54, 1.807) is 6.07 Å². The molecule has 2 aliphatic rings. The summed E-state index contributed by atoms with van der Waals surface area (Å²) in [5, 5.41) is 9.45. The van der Waals surface area contributed by atoms with Crippen molar-refractivity contribution < 1.29 is 14.3 Å². The number of nitrogens with zero attached hydrogens (tertiary/aromatic N) is 1. The van der Waals surface area contributed by atoms with E-state index in [4.69, 9.17) is 0 Å². The number of carboxylic acid groups (broad SMARTS) is 1. The van der Waals surface area contributed by atoms with Gasteiger partial charge in [0.15, 0.2) is 0 Å². The van der Waals surface area contributed by atoms with Crippen LogP contribution in [0.15, 0.2) is 23.1 Å². The Bertz CT molecular complexity index is 876. The topological polar surface area (TPSA) is 59.3 Å². The average molecular weight is 329 g/mol. The SMILES string of the molecule is O=C(O)c1cn(C2CC2)c2cc(C3CCCCC3)c(F)cc2c1=O. The molecule has 4 rings (SSSR count). The van der Waals surface area contributed by atoms with E-state index in [1.165, 1.54) is 18.7 Å². The number of benzene rings is 1. The second kappa shape index (κ2) is 5.72. The number of pyridine rings is 1. The van der Waals surface area contributed by atoms with Crippen LogP contribution in [0.5, 0.6) is 0 Å². The molecular formula is C19H20FNO3. The van der Waals surface area contributed by atoms with Crippen LogP contribution in [-0.2, 0) is 0 Å². The summed E-state index contributed by atoms with van der Waals surface area (Å²) < 4.78 is 16.5. The summed E-state index contributed by atoms with van der Waals surface area (Å²) in [7, 11) is 0. The van der Waals surface area contributed by atoms with E-state index >= 15 is 0 Å². The van der Waals surface area contributed by atoms with Gasteiger partial charge in [-0.25, -0.2) is 9.18 Å². The van der Waals surface area contributed by atoms with Crippen molar-refractivity contribution in [3.63, 3.8) is 0 Å². The van der Waals surface area contributed by atoms with Crippen LogP contribution in [0.3, 0.4) is 0 Å². The maximum atomic E-state index is 14.7. The van der Waals surface area contributed by atoms with Crippen LogP contribution in [0.4, 0.5) is 4.39 Å². The first-order valence-electron chi connectivity index (χ1n) is 8.68. The van der Waals surface area contributed by atoms with Gasteiger partial charge in [-0.3, -0.25) is 4.79 Å². The van der Waals surface area contributed by atoms with Crippen molar-refractivity contribution in [3.05, 3.63) is 45.5 Å². The molecule has 0 radical (unpaired) electrons. The fourth-order valence-electron chi connectivity index (χ4n) is 3.92. The van der Waals surface area contributed by atoms with Crippen molar-refractivity contribution in [1.29, 1.82) is 0 Å². The lowest BCUT2D eigenvalue weighted by atomic mass is 9.83. The predicted molar refractivity (Wildman–Crippen MR) is 89.2 cm³/mol. The maximum Gasteiger partial charge on any atom is 0.341 e. The van der Waals surface area contributed by atoms with Crippen molar-refractivity contribution in [2.75, 3.05) is 0 Å². The Labute approximate surface area is 138 Å². The van der Waals surface area contributed by atoms with E-state index in [9.17, 15) is 19.1 Å². The molecule has 2 aliphatic carbocycles. The summed E-state index contributed by atoms with van der Waals surface area (Å²) in [5.41, 5.74) is 0.483. The Morgan fingerprint density at radius 3 is 2.46 bits per heavy atom. The lowest BCUT2D eigenvalue weighted by Gasteiger charge is -2.23. The Morgan fingerprint density at radius 1 is 1.12 bits per heavy atom. The highest BCUT2D eigenvalue weighted by molar-refractivity contribution is 5.92. The zero-order valence-electron chi connectivity index (χ0n) is 13.4. The number of fused-ring (bicyclic) bond motifs is 1. The van der Waals surface area contributed by atoms with Gasteiger partial charge >= 0.3 is 5.97 Å². The van der Waals surface area contributed by atoms with Crippen LogP contribution in [0.1, 0.15) is 72.8 Å². The summed E-state index contributed by atoms with van der Waals surface area (Å²) >= 11 is 0. The van der Waals surface area contributed by atoms with Crippen LogP contribution < -0.4 is 5.43 Å². The standard InChI is InChI=1S/C19H20FNO3/c20-16-8-14-17(9-13(16)11-4-2-1-3-5-11)21(12-6-7-12)10-15(18(14)22)19(23)24/h8-12H,1-7H2,(H,23,24). The van der Waals surface area contributed by atoms with Gasteiger partial charge in [-0.05, 0) is 49.3 Å². The third-order valence-corrected chi connectivity index (χ3v) is 5.37. The highest BCUT2D eigenvalue weighted by atomic mass is 19.1. The molecular weight excluding hydrogens is 309 g/mol. The number of aromatic carboxylic acids is 1. The fraction of sp³-hybridized carbons (Fsp3) is 0.474. The number of rotatable bonds is 3. The molecule has 1 aromatic heterocycles. The van der Waals surface area contributed by atoms with E-state index in [2.05, 4.69) is 0 Å². The quantitative estimate of drug-likeness (QED) is 0.917. The molecule has 2 fully saturated rings.